The number of nitrogens with one attached hydrogen (secondary N) is 2. The van der Waals surface area contributed by atoms with Crippen molar-refractivity contribution in [3.63, 3.8) is 0 Å². The minimum atomic E-state index is -4.74. The van der Waals surface area contributed by atoms with Crippen LogP contribution in [0, 0.1) is 5.92 Å². The number of hydrogen-bond acceptors (Lipinski definition) is 5. The van der Waals surface area contributed by atoms with Gasteiger partial charge in [0.25, 0.3) is 5.91 Å². The molecule has 1 fully saturated rings. The Balaban J connectivity index is 1.42. The van der Waals surface area contributed by atoms with Gasteiger partial charge in [0, 0.05) is 30.9 Å². The Morgan fingerprint density at radius 3 is 2.47 bits per heavy atom. The van der Waals surface area contributed by atoms with Crippen LogP contribution >= 0.6 is 11.6 Å². The number of rotatable bonds is 5. The monoisotopic (exact) mass is 492 g/mol. The highest BCUT2D eigenvalue weighted by molar-refractivity contribution is 6.30. The Morgan fingerprint density at radius 1 is 1.09 bits per heavy atom. The van der Waals surface area contributed by atoms with Crippen molar-refractivity contribution in [1.82, 2.24) is 4.98 Å². The highest BCUT2D eigenvalue weighted by atomic mass is 35.5. The van der Waals surface area contributed by atoms with E-state index >= 15 is 0 Å². The summed E-state index contributed by atoms with van der Waals surface area (Å²) in [6.45, 7) is 1.08. The first-order chi connectivity index (χ1) is 16.2. The molecule has 0 spiro atoms. The van der Waals surface area contributed by atoms with Gasteiger partial charge >= 0.3 is 6.18 Å². The van der Waals surface area contributed by atoms with Crippen molar-refractivity contribution in [2.45, 2.75) is 19.0 Å². The number of furan rings is 1. The topological polar surface area (TPSA) is 87.5 Å². The molecule has 11 heteroatoms. The highest BCUT2D eigenvalue weighted by Gasteiger charge is 2.35. The molecule has 1 aromatic carbocycles. The number of benzene rings is 1. The molecular formula is C23H20ClF3N4O3. The van der Waals surface area contributed by atoms with Crippen LogP contribution in [0.1, 0.15) is 29.0 Å². The number of aromatic nitrogens is 1. The maximum absolute atomic E-state index is 13.7. The van der Waals surface area contributed by atoms with Crippen LogP contribution in [-0.2, 0) is 11.0 Å². The quantitative estimate of drug-likeness (QED) is 0.494. The normalized spacial score (nSPS) is 14.6. The predicted molar refractivity (Wildman–Crippen MR) is 121 cm³/mol. The molecule has 1 aliphatic heterocycles. The van der Waals surface area contributed by atoms with Crippen LogP contribution in [0.5, 0.6) is 0 Å². The van der Waals surface area contributed by atoms with Crippen molar-refractivity contribution < 1.29 is 27.2 Å². The van der Waals surface area contributed by atoms with Gasteiger partial charge in [-0.25, -0.2) is 4.98 Å². The molecule has 178 valence electrons. The van der Waals surface area contributed by atoms with Crippen LogP contribution in [-0.4, -0.2) is 29.9 Å². The minimum Gasteiger partial charge on any atom is -0.459 e. The molecule has 0 aliphatic carbocycles. The van der Waals surface area contributed by atoms with Gasteiger partial charge in [0.15, 0.2) is 5.76 Å². The van der Waals surface area contributed by atoms with Gasteiger partial charge in [-0.15, -0.1) is 0 Å². The molecule has 4 rings (SSSR count). The number of carbonyl (C=O) groups excluding carboxylic acids is 2. The number of amides is 2. The molecule has 0 atom stereocenters. The standard InChI is InChI=1S/C23H20ClF3N4O3/c24-15-3-6-20(28-13-15)31-9-7-14(8-10-31)21(32)30-18-5-4-16(12-17(18)23(25,26)27)29-22(33)19-2-1-11-34-19/h1-6,11-14H,7-10H2,(H,29,33)(H,30,32). The van der Waals surface area contributed by atoms with Gasteiger partial charge in [-0.2, -0.15) is 13.2 Å². The lowest BCUT2D eigenvalue weighted by Crippen LogP contribution is -2.38. The van der Waals surface area contributed by atoms with E-state index in [4.69, 9.17) is 16.0 Å². The predicted octanol–water partition coefficient (Wildman–Crippen LogP) is 5.45. The van der Waals surface area contributed by atoms with E-state index in [1.165, 1.54) is 30.7 Å². The van der Waals surface area contributed by atoms with Gasteiger partial charge in [0.2, 0.25) is 5.91 Å². The van der Waals surface area contributed by atoms with E-state index in [2.05, 4.69) is 15.6 Å². The van der Waals surface area contributed by atoms with Crippen LogP contribution < -0.4 is 15.5 Å². The summed E-state index contributed by atoms with van der Waals surface area (Å²) in [6, 6.07) is 9.59. The first kappa shape index (κ1) is 23.6. The minimum absolute atomic E-state index is 0.0360. The second-order valence-electron chi connectivity index (χ2n) is 7.77. The van der Waals surface area contributed by atoms with Crippen molar-refractivity contribution in [3.05, 3.63) is 71.3 Å². The van der Waals surface area contributed by atoms with E-state index in [9.17, 15) is 22.8 Å². The van der Waals surface area contributed by atoms with Crippen molar-refractivity contribution in [2.75, 3.05) is 28.6 Å². The van der Waals surface area contributed by atoms with Crippen LogP contribution in [0.15, 0.2) is 59.3 Å². The number of halogens is 4. The number of pyridine rings is 1. The van der Waals surface area contributed by atoms with E-state index in [1.54, 1.807) is 12.1 Å². The number of carbonyl (C=O) groups is 2. The van der Waals surface area contributed by atoms with Crippen molar-refractivity contribution in [2.24, 2.45) is 5.92 Å². The summed E-state index contributed by atoms with van der Waals surface area (Å²) in [5.74, 6) is -0.915. The van der Waals surface area contributed by atoms with Gasteiger partial charge in [-0.05, 0) is 55.3 Å². The van der Waals surface area contributed by atoms with Crippen LogP contribution in [0.4, 0.5) is 30.4 Å². The number of piperidine rings is 1. The van der Waals surface area contributed by atoms with E-state index in [-0.39, 0.29) is 17.1 Å². The van der Waals surface area contributed by atoms with Gasteiger partial charge in [-0.1, -0.05) is 11.6 Å². The lowest BCUT2D eigenvalue weighted by atomic mass is 9.95. The lowest BCUT2D eigenvalue weighted by molar-refractivity contribution is -0.137. The van der Waals surface area contributed by atoms with E-state index < -0.39 is 29.5 Å². The molecule has 1 saturated heterocycles. The zero-order valence-corrected chi connectivity index (χ0v) is 18.5. The third kappa shape index (κ3) is 5.51. The summed E-state index contributed by atoms with van der Waals surface area (Å²) < 4.78 is 46.0. The summed E-state index contributed by atoms with van der Waals surface area (Å²) in [6.07, 6.45) is -0.985. The zero-order chi connectivity index (χ0) is 24.3. The van der Waals surface area contributed by atoms with E-state index in [1.807, 2.05) is 4.90 Å². The Kier molecular flexibility index (Phi) is 6.78. The second-order valence-corrected chi connectivity index (χ2v) is 8.21. The fourth-order valence-electron chi connectivity index (χ4n) is 3.73. The molecule has 7 nitrogen and oxygen atoms in total. The Hall–Kier alpha value is -3.53. The summed E-state index contributed by atoms with van der Waals surface area (Å²) in [5.41, 5.74) is -1.49. The smallest absolute Gasteiger partial charge is 0.418 e. The number of nitrogens with zero attached hydrogens (tertiary/aromatic N) is 2. The number of hydrogen-bond donors (Lipinski definition) is 2. The van der Waals surface area contributed by atoms with Crippen molar-refractivity contribution in [3.8, 4) is 0 Å². The maximum atomic E-state index is 13.7. The van der Waals surface area contributed by atoms with Gasteiger partial charge in [-0.3, -0.25) is 9.59 Å². The van der Waals surface area contributed by atoms with Gasteiger partial charge in [0.1, 0.15) is 5.82 Å². The summed E-state index contributed by atoms with van der Waals surface area (Å²) in [4.78, 5) is 31.1. The average molecular weight is 493 g/mol. The van der Waals surface area contributed by atoms with Crippen molar-refractivity contribution >= 4 is 40.6 Å². The zero-order valence-electron chi connectivity index (χ0n) is 17.7. The largest absolute Gasteiger partial charge is 0.459 e. The molecule has 0 radical (unpaired) electrons. The van der Waals surface area contributed by atoms with E-state index in [0.29, 0.717) is 31.0 Å². The molecule has 2 N–H and O–H groups in total. The Labute approximate surface area is 197 Å². The summed E-state index contributed by atoms with van der Waals surface area (Å²) >= 11 is 5.86. The van der Waals surface area contributed by atoms with Crippen LogP contribution in [0.3, 0.4) is 0 Å². The SMILES string of the molecule is O=C(Nc1ccc(NC(=O)C2CCN(c3ccc(Cl)cn3)CC2)c(C(F)(F)F)c1)c1ccco1. The van der Waals surface area contributed by atoms with Crippen LogP contribution in [0.25, 0.3) is 0 Å². The summed E-state index contributed by atoms with van der Waals surface area (Å²) in [5, 5.41) is 5.29. The fourth-order valence-corrected chi connectivity index (χ4v) is 3.84. The fraction of sp³-hybridized carbons (Fsp3) is 0.261. The van der Waals surface area contributed by atoms with Crippen molar-refractivity contribution in [1.29, 1.82) is 0 Å². The van der Waals surface area contributed by atoms with Gasteiger partial charge < -0.3 is 20.0 Å². The first-order valence-electron chi connectivity index (χ1n) is 10.4. The van der Waals surface area contributed by atoms with E-state index in [0.717, 1.165) is 18.0 Å². The maximum Gasteiger partial charge on any atom is 0.418 e. The lowest BCUT2D eigenvalue weighted by Gasteiger charge is -2.32. The molecule has 2 amide bonds. The molecular weight excluding hydrogens is 473 g/mol. The molecule has 0 bridgehead atoms. The molecule has 3 heterocycles. The number of anilines is 3. The molecule has 3 aromatic rings. The summed E-state index contributed by atoms with van der Waals surface area (Å²) in [7, 11) is 0. The number of alkyl halides is 3. The average Bonchev–Trinajstić information content (AvgIpc) is 3.35. The molecule has 0 unspecified atom stereocenters. The highest BCUT2D eigenvalue weighted by Crippen LogP contribution is 2.37. The second kappa shape index (κ2) is 9.76. The van der Waals surface area contributed by atoms with Crippen LogP contribution in [0.2, 0.25) is 5.02 Å². The first-order valence-corrected chi connectivity index (χ1v) is 10.8. The Bertz CT molecular complexity index is 1160. The molecule has 2 aromatic heterocycles. The third-order valence-electron chi connectivity index (χ3n) is 5.49. The molecule has 1 aliphatic rings. The third-order valence-corrected chi connectivity index (χ3v) is 5.71. The Morgan fingerprint density at radius 2 is 1.85 bits per heavy atom. The van der Waals surface area contributed by atoms with Gasteiger partial charge in [0.05, 0.1) is 22.5 Å². The molecule has 34 heavy (non-hydrogen) atoms. The molecule has 0 saturated carbocycles.